The van der Waals surface area contributed by atoms with Crippen LogP contribution in [0.3, 0.4) is 0 Å². The standard InChI is InChI=1S/C24H20ClN3O2S/c1-13-4-9-19-20(12-13)31-24(27-19)16-5-7-17(8-6-16)26-22(29)23(30)28-21-15(3)10-14(2)11-18(21)25/h4-12H,1-3H3,(H,26,29)(H,28,30). The fraction of sp³-hybridized carbons (Fsp3) is 0.125. The first-order chi connectivity index (χ1) is 14.8. The maximum atomic E-state index is 12.3. The topological polar surface area (TPSA) is 71.1 Å². The number of carbonyl (C=O) groups excluding carboxylic acids is 2. The van der Waals surface area contributed by atoms with E-state index in [2.05, 4.69) is 28.6 Å². The van der Waals surface area contributed by atoms with E-state index in [9.17, 15) is 9.59 Å². The second-order valence-corrected chi connectivity index (χ2v) is 8.85. The number of fused-ring (bicyclic) bond motifs is 1. The van der Waals surface area contributed by atoms with Crippen LogP contribution < -0.4 is 10.6 Å². The van der Waals surface area contributed by atoms with Crippen LogP contribution in [0.1, 0.15) is 16.7 Å². The van der Waals surface area contributed by atoms with E-state index in [1.165, 1.54) is 5.56 Å². The zero-order valence-corrected chi connectivity index (χ0v) is 18.8. The molecule has 4 aromatic rings. The number of hydrogen-bond acceptors (Lipinski definition) is 4. The van der Waals surface area contributed by atoms with E-state index < -0.39 is 11.8 Å². The van der Waals surface area contributed by atoms with Crippen LogP contribution in [0.2, 0.25) is 5.02 Å². The van der Waals surface area contributed by atoms with Crippen molar-refractivity contribution in [3.63, 3.8) is 0 Å². The summed E-state index contributed by atoms with van der Waals surface area (Å²) in [4.78, 5) is 29.3. The molecule has 0 saturated carbocycles. The molecule has 4 rings (SSSR count). The summed E-state index contributed by atoms with van der Waals surface area (Å²) in [6, 6.07) is 17.1. The SMILES string of the molecule is Cc1cc(C)c(NC(=O)C(=O)Nc2ccc(-c3nc4ccc(C)cc4s3)cc2)c(Cl)c1. The second-order valence-electron chi connectivity index (χ2n) is 7.41. The first kappa shape index (κ1) is 21.0. The lowest BCUT2D eigenvalue weighted by Gasteiger charge is -2.11. The predicted molar refractivity (Wildman–Crippen MR) is 128 cm³/mol. The average Bonchev–Trinajstić information content (AvgIpc) is 3.14. The summed E-state index contributed by atoms with van der Waals surface area (Å²) in [7, 11) is 0. The first-order valence-electron chi connectivity index (χ1n) is 9.67. The summed E-state index contributed by atoms with van der Waals surface area (Å²) in [5, 5.41) is 6.51. The highest BCUT2D eigenvalue weighted by molar-refractivity contribution is 7.21. The lowest BCUT2D eigenvalue weighted by atomic mass is 10.1. The Morgan fingerprint density at radius 1 is 0.871 bits per heavy atom. The molecule has 5 nitrogen and oxygen atoms in total. The Labute approximate surface area is 189 Å². The van der Waals surface area contributed by atoms with Crippen molar-refractivity contribution in [1.29, 1.82) is 0 Å². The van der Waals surface area contributed by atoms with Crippen molar-refractivity contribution < 1.29 is 9.59 Å². The van der Waals surface area contributed by atoms with E-state index >= 15 is 0 Å². The molecule has 0 radical (unpaired) electrons. The number of rotatable bonds is 3. The van der Waals surface area contributed by atoms with Gasteiger partial charge in [0.05, 0.1) is 20.9 Å². The van der Waals surface area contributed by atoms with Crippen LogP contribution in [-0.4, -0.2) is 16.8 Å². The number of aryl methyl sites for hydroxylation is 3. The van der Waals surface area contributed by atoms with Gasteiger partial charge in [-0.05, 0) is 79.9 Å². The molecule has 0 aliphatic rings. The maximum absolute atomic E-state index is 12.3. The number of nitrogens with zero attached hydrogens (tertiary/aromatic N) is 1. The molecule has 0 saturated heterocycles. The van der Waals surface area contributed by atoms with Gasteiger partial charge in [0.25, 0.3) is 0 Å². The number of amides is 2. The number of aromatic nitrogens is 1. The summed E-state index contributed by atoms with van der Waals surface area (Å²) in [5.41, 5.74) is 5.84. The Kier molecular flexibility index (Phi) is 5.76. The zero-order chi connectivity index (χ0) is 22.1. The average molecular weight is 450 g/mol. The molecule has 0 atom stereocenters. The van der Waals surface area contributed by atoms with E-state index in [0.29, 0.717) is 16.4 Å². The van der Waals surface area contributed by atoms with Crippen molar-refractivity contribution in [3.05, 3.63) is 76.3 Å². The van der Waals surface area contributed by atoms with E-state index in [-0.39, 0.29) is 0 Å². The molecule has 0 fully saturated rings. The summed E-state index contributed by atoms with van der Waals surface area (Å²) in [6.07, 6.45) is 0. The van der Waals surface area contributed by atoms with Crippen molar-refractivity contribution >= 4 is 56.3 Å². The van der Waals surface area contributed by atoms with Gasteiger partial charge in [0, 0.05) is 11.3 Å². The fourth-order valence-electron chi connectivity index (χ4n) is 3.28. The minimum atomic E-state index is -0.778. The molecule has 2 N–H and O–H groups in total. The highest BCUT2D eigenvalue weighted by atomic mass is 35.5. The monoisotopic (exact) mass is 449 g/mol. The molecular weight excluding hydrogens is 430 g/mol. The van der Waals surface area contributed by atoms with Crippen LogP contribution in [0, 0.1) is 20.8 Å². The van der Waals surface area contributed by atoms with Crippen molar-refractivity contribution in [1.82, 2.24) is 4.98 Å². The van der Waals surface area contributed by atoms with Crippen LogP contribution in [0.25, 0.3) is 20.8 Å². The molecule has 31 heavy (non-hydrogen) atoms. The Hall–Kier alpha value is -3.22. The van der Waals surface area contributed by atoms with Crippen LogP contribution in [0.4, 0.5) is 11.4 Å². The molecule has 0 aliphatic heterocycles. The van der Waals surface area contributed by atoms with E-state index in [1.807, 2.05) is 44.2 Å². The Bertz CT molecular complexity index is 1290. The third kappa shape index (κ3) is 4.60. The van der Waals surface area contributed by atoms with Crippen molar-refractivity contribution in [2.24, 2.45) is 0 Å². The number of anilines is 2. The minimum absolute atomic E-state index is 0.397. The van der Waals surface area contributed by atoms with Gasteiger partial charge in [-0.3, -0.25) is 9.59 Å². The minimum Gasteiger partial charge on any atom is -0.318 e. The second kappa shape index (κ2) is 8.49. The molecule has 0 aliphatic carbocycles. The largest absolute Gasteiger partial charge is 0.318 e. The van der Waals surface area contributed by atoms with Crippen molar-refractivity contribution in [2.75, 3.05) is 10.6 Å². The van der Waals surface area contributed by atoms with Gasteiger partial charge in [0.1, 0.15) is 5.01 Å². The fourth-order valence-corrected chi connectivity index (χ4v) is 4.72. The zero-order valence-electron chi connectivity index (χ0n) is 17.2. The van der Waals surface area contributed by atoms with Crippen LogP contribution in [0.5, 0.6) is 0 Å². The molecule has 7 heteroatoms. The van der Waals surface area contributed by atoms with Crippen LogP contribution >= 0.6 is 22.9 Å². The summed E-state index contributed by atoms with van der Waals surface area (Å²) in [5.74, 6) is -1.54. The molecule has 3 aromatic carbocycles. The van der Waals surface area contributed by atoms with Crippen LogP contribution in [-0.2, 0) is 9.59 Å². The number of hydrogen-bond donors (Lipinski definition) is 2. The van der Waals surface area contributed by atoms with Gasteiger partial charge in [0.15, 0.2) is 0 Å². The summed E-state index contributed by atoms with van der Waals surface area (Å²) in [6.45, 7) is 5.80. The van der Waals surface area contributed by atoms with E-state index in [0.717, 1.165) is 31.9 Å². The summed E-state index contributed by atoms with van der Waals surface area (Å²) >= 11 is 7.82. The van der Waals surface area contributed by atoms with Crippen molar-refractivity contribution in [3.8, 4) is 10.6 Å². The normalized spacial score (nSPS) is 10.8. The third-order valence-electron chi connectivity index (χ3n) is 4.81. The molecule has 0 bridgehead atoms. The first-order valence-corrected chi connectivity index (χ1v) is 10.9. The molecule has 1 aromatic heterocycles. The molecule has 0 unspecified atom stereocenters. The maximum Gasteiger partial charge on any atom is 0.314 e. The number of nitrogens with one attached hydrogen (secondary N) is 2. The highest BCUT2D eigenvalue weighted by Gasteiger charge is 2.17. The van der Waals surface area contributed by atoms with Gasteiger partial charge in [-0.25, -0.2) is 4.98 Å². The smallest absolute Gasteiger partial charge is 0.314 e. The van der Waals surface area contributed by atoms with Gasteiger partial charge in [-0.2, -0.15) is 0 Å². The molecular formula is C24H20ClN3O2S. The third-order valence-corrected chi connectivity index (χ3v) is 6.18. The number of benzene rings is 3. The van der Waals surface area contributed by atoms with Gasteiger partial charge >= 0.3 is 11.8 Å². The van der Waals surface area contributed by atoms with E-state index in [4.69, 9.17) is 11.6 Å². The predicted octanol–water partition coefficient (Wildman–Crippen LogP) is 6.12. The van der Waals surface area contributed by atoms with Gasteiger partial charge < -0.3 is 10.6 Å². The van der Waals surface area contributed by atoms with Gasteiger partial charge in [-0.15, -0.1) is 11.3 Å². The summed E-state index contributed by atoms with van der Waals surface area (Å²) < 4.78 is 1.13. The molecule has 1 heterocycles. The van der Waals surface area contributed by atoms with E-state index in [1.54, 1.807) is 29.5 Å². The Morgan fingerprint density at radius 3 is 2.29 bits per heavy atom. The lowest BCUT2D eigenvalue weighted by molar-refractivity contribution is -0.133. The number of thiazole rings is 1. The number of halogens is 1. The highest BCUT2D eigenvalue weighted by Crippen LogP contribution is 2.31. The molecule has 0 spiro atoms. The van der Waals surface area contributed by atoms with Gasteiger partial charge in [-0.1, -0.05) is 23.7 Å². The van der Waals surface area contributed by atoms with Gasteiger partial charge in [0.2, 0.25) is 0 Å². The molecule has 2 amide bonds. The Balaban J connectivity index is 1.45. The Morgan fingerprint density at radius 2 is 1.58 bits per heavy atom. The van der Waals surface area contributed by atoms with Crippen LogP contribution in [0.15, 0.2) is 54.6 Å². The quantitative estimate of drug-likeness (QED) is 0.370. The van der Waals surface area contributed by atoms with Crippen molar-refractivity contribution in [2.45, 2.75) is 20.8 Å². The number of carbonyl (C=O) groups is 2. The molecule has 156 valence electrons. The lowest BCUT2D eigenvalue weighted by Crippen LogP contribution is -2.29.